The number of thioether (sulfide) groups is 1. The number of carbonyl (C=O) groups excluding carboxylic acids is 1. The molecule has 0 fully saturated rings. The van der Waals surface area contributed by atoms with Crippen molar-refractivity contribution in [2.24, 2.45) is 0 Å². The van der Waals surface area contributed by atoms with Crippen LogP contribution in [0.4, 0.5) is 5.69 Å². The molecule has 1 N–H and O–H groups in total. The van der Waals surface area contributed by atoms with E-state index in [1.807, 2.05) is 55.5 Å². The highest BCUT2D eigenvalue weighted by molar-refractivity contribution is 7.99. The molecule has 0 saturated carbocycles. The monoisotopic (exact) mass is 366 g/mol. The van der Waals surface area contributed by atoms with E-state index in [2.05, 4.69) is 20.5 Å². The summed E-state index contributed by atoms with van der Waals surface area (Å²) in [5.41, 5.74) is 2.39. The topological polar surface area (TPSA) is 77.0 Å². The lowest BCUT2D eigenvalue weighted by atomic mass is 10.2. The first-order valence-corrected chi connectivity index (χ1v) is 9.13. The van der Waals surface area contributed by atoms with Crippen LogP contribution in [-0.4, -0.2) is 33.4 Å². The summed E-state index contributed by atoms with van der Waals surface area (Å²) in [5.74, 6) is 0.779. The number of rotatable bonds is 7. The molecule has 2 heterocycles. The van der Waals surface area contributed by atoms with Crippen LogP contribution in [0, 0.1) is 0 Å². The predicted molar refractivity (Wildman–Crippen MR) is 102 cm³/mol. The van der Waals surface area contributed by atoms with Gasteiger partial charge in [-0.15, -0.1) is 10.2 Å². The zero-order valence-electron chi connectivity index (χ0n) is 14.3. The zero-order valence-corrected chi connectivity index (χ0v) is 15.1. The van der Waals surface area contributed by atoms with Gasteiger partial charge in [0.2, 0.25) is 5.91 Å². The van der Waals surface area contributed by atoms with E-state index in [9.17, 15) is 4.79 Å². The molecule has 1 aromatic carbocycles. The van der Waals surface area contributed by atoms with E-state index >= 15 is 0 Å². The molecule has 0 bridgehead atoms. The standard InChI is InChI=1S/C19H18N4O2S/c1-2-25-17-6-4-3-5-16(17)21-18(24)13-26-19-8-7-15(22-23-19)14-9-11-20-12-10-14/h3-12H,2,13H2,1H3,(H,21,24). The van der Waals surface area contributed by atoms with Gasteiger partial charge in [-0.1, -0.05) is 23.9 Å². The lowest BCUT2D eigenvalue weighted by Crippen LogP contribution is -2.15. The van der Waals surface area contributed by atoms with Gasteiger partial charge in [0.25, 0.3) is 0 Å². The van der Waals surface area contributed by atoms with Crippen LogP contribution in [0.5, 0.6) is 5.75 Å². The number of hydrogen-bond acceptors (Lipinski definition) is 6. The summed E-state index contributed by atoms with van der Waals surface area (Å²) in [6.45, 7) is 2.45. The summed E-state index contributed by atoms with van der Waals surface area (Å²) in [6, 6.07) is 14.9. The zero-order chi connectivity index (χ0) is 18.2. The maximum Gasteiger partial charge on any atom is 0.234 e. The number of aromatic nitrogens is 3. The van der Waals surface area contributed by atoms with E-state index in [0.717, 1.165) is 11.3 Å². The predicted octanol–water partition coefficient (Wildman–Crippen LogP) is 3.67. The van der Waals surface area contributed by atoms with Crippen molar-refractivity contribution in [1.29, 1.82) is 0 Å². The Labute approximate surface area is 156 Å². The molecule has 0 aliphatic heterocycles. The molecule has 0 saturated heterocycles. The summed E-state index contributed by atoms with van der Waals surface area (Å²) in [5, 5.41) is 11.9. The van der Waals surface area contributed by atoms with E-state index in [1.54, 1.807) is 12.4 Å². The summed E-state index contributed by atoms with van der Waals surface area (Å²) in [6.07, 6.45) is 3.42. The Morgan fingerprint density at radius 2 is 1.88 bits per heavy atom. The Bertz CT molecular complexity index is 857. The summed E-state index contributed by atoms with van der Waals surface area (Å²) < 4.78 is 5.51. The summed E-state index contributed by atoms with van der Waals surface area (Å²) in [7, 11) is 0. The Kier molecular flexibility index (Phi) is 6.16. The number of para-hydroxylation sites is 2. The van der Waals surface area contributed by atoms with E-state index in [1.165, 1.54) is 11.8 Å². The van der Waals surface area contributed by atoms with Gasteiger partial charge in [0.1, 0.15) is 10.8 Å². The second-order valence-electron chi connectivity index (χ2n) is 5.26. The lowest BCUT2D eigenvalue weighted by Gasteiger charge is -2.10. The molecule has 7 heteroatoms. The van der Waals surface area contributed by atoms with Crippen molar-refractivity contribution in [2.45, 2.75) is 11.9 Å². The number of nitrogens with one attached hydrogen (secondary N) is 1. The minimum atomic E-state index is -0.123. The van der Waals surface area contributed by atoms with Crippen LogP contribution < -0.4 is 10.1 Å². The van der Waals surface area contributed by atoms with Crippen molar-refractivity contribution in [3.05, 3.63) is 60.9 Å². The van der Waals surface area contributed by atoms with Gasteiger partial charge < -0.3 is 10.1 Å². The van der Waals surface area contributed by atoms with Crippen LogP contribution in [0.2, 0.25) is 0 Å². The highest BCUT2D eigenvalue weighted by Gasteiger charge is 2.09. The third-order valence-corrected chi connectivity index (χ3v) is 4.35. The van der Waals surface area contributed by atoms with Crippen LogP contribution in [0.3, 0.4) is 0 Å². The molecule has 6 nitrogen and oxygen atoms in total. The Morgan fingerprint density at radius 1 is 1.08 bits per heavy atom. The molecule has 3 rings (SSSR count). The highest BCUT2D eigenvalue weighted by Crippen LogP contribution is 2.24. The van der Waals surface area contributed by atoms with Crippen LogP contribution in [-0.2, 0) is 4.79 Å². The third-order valence-electron chi connectivity index (χ3n) is 3.43. The highest BCUT2D eigenvalue weighted by atomic mass is 32.2. The van der Waals surface area contributed by atoms with Crippen molar-refractivity contribution < 1.29 is 9.53 Å². The van der Waals surface area contributed by atoms with Crippen LogP contribution in [0.15, 0.2) is 66.0 Å². The molecule has 0 radical (unpaired) electrons. The Balaban J connectivity index is 1.56. The number of nitrogens with zero attached hydrogens (tertiary/aromatic N) is 3. The molecule has 2 aromatic heterocycles. The molecular weight excluding hydrogens is 348 g/mol. The van der Waals surface area contributed by atoms with Gasteiger partial charge in [0, 0.05) is 18.0 Å². The molecule has 0 unspecified atom stereocenters. The smallest absolute Gasteiger partial charge is 0.234 e. The van der Waals surface area contributed by atoms with E-state index in [-0.39, 0.29) is 11.7 Å². The van der Waals surface area contributed by atoms with Crippen molar-refractivity contribution in [1.82, 2.24) is 15.2 Å². The Hall–Kier alpha value is -2.93. The molecule has 132 valence electrons. The van der Waals surface area contributed by atoms with E-state index in [4.69, 9.17) is 4.74 Å². The molecular formula is C19H18N4O2S. The minimum absolute atomic E-state index is 0.123. The van der Waals surface area contributed by atoms with Gasteiger partial charge in [-0.25, -0.2) is 0 Å². The average molecular weight is 366 g/mol. The molecule has 0 aliphatic carbocycles. The molecule has 26 heavy (non-hydrogen) atoms. The first-order chi connectivity index (χ1) is 12.8. The Morgan fingerprint density at radius 3 is 2.62 bits per heavy atom. The fourth-order valence-electron chi connectivity index (χ4n) is 2.25. The first-order valence-electron chi connectivity index (χ1n) is 8.15. The SMILES string of the molecule is CCOc1ccccc1NC(=O)CSc1ccc(-c2ccncc2)nn1. The summed E-state index contributed by atoms with van der Waals surface area (Å²) in [4.78, 5) is 16.2. The van der Waals surface area contributed by atoms with Gasteiger partial charge in [-0.05, 0) is 43.3 Å². The molecule has 0 spiro atoms. The molecule has 3 aromatic rings. The molecule has 1 amide bonds. The maximum atomic E-state index is 12.2. The minimum Gasteiger partial charge on any atom is -0.492 e. The second kappa shape index (κ2) is 8.96. The molecule has 0 atom stereocenters. The third kappa shape index (κ3) is 4.80. The van der Waals surface area contributed by atoms with Gasteiger partial charge in [0.05, 0.1) is 23.7 Å². The van der Waals surface area contributed by atoms with Gasteiger partial charge in [-0.3, -0.25) is 9.78 Å². The fraction of sp³-hybridized carbons (Fsp3) is 0.158. The van der Waals surface area contributed by atoms with Crippen molar-refractivity contribution >= 4 is 23.4 Å². The first kappa shape index (κ1) is 17.9. The van der Waals surface area contributed by atoms with E-state index in [0.29, 0.717) is 23.1 Å². The van der Waals surface area contributed by atoms with Gasteiger partial charge in [0.15, 0.2) is 0 Å². The normalized spacial score (nSPS) is 10.3. The second-order valence-corrected chi connectivity index (χ2v) is 6.25. The quantitative estimate of drug-likeness (QED) is 0.643. The van der Waals surface area contributed by atoms with Crippen LogP contribution in [0.25, 0.3) is 11.3 Å². The fourth-order valence-corrected chi connectivity index (χ4v) is 2.86. The molecule has 0 aliphatic rings. The largest absolute Gasteiger partial charge is 0.492 e. The number of amides is 1. The van der Waals surface area contributed by atoms with Crippen molar-refractivity contribution in [3.63, 3.8) is 0 Å². The van der Waals surface area contributed by atoms with Crippen molar-refractivity contribution in [3.8, 4) is 17.0 Å². The maximum absolute atomic E-state index is 12.2. The summed E-state index contributed by atoms with van der Waals surface area (Å²) >= 11 is 1.33. The lowest BCUT2D eigenvalue weighted by molar-refractivity contribution is -0.113. The van der Waals surface area contributed by atoms with Crippen LogP contribution in [0.1, 0.15) is 6.92 Å². The number of hydrogen-bond donors (Lipinski definition) is 1. The number of carbonyl (C=O) groups is 1. The van der Waals surface area contributed by atoms with E-state index < -0.39 is 0 Å². The number of anilines is 1. The van der Waals surface area contributed by atoms with Crippen molar-refractivity contribution in [2.75, 3.05) is 17.7 Å². The average Bonchev–Trinajstić information content (AvgIpc) is 2.69. The van der Waals surface area contributed by atoms with Gasteiger partial charge in [-0.2, -0.15) is 0 Å². The number of benzene rings is 1. The number of ether oxygens (including phenoxy) is 1. The number of pyridine rings is 1. The van der Waals surface area contributed by atoms with Gasteiger partial charge >= 0.3 is 0 Å². The van der Waals surface area contributed by atoms with Crippen LogP contribution >= 0.6 is 11.8 Å².